The SMILES string of the molecule is CC1(C(=O)O)COCC1NC(=O)N(CC(F)(F)F)C1CC1. The van der Waals surface area contributed by atoms with E-state index in [1.54, 1.807) is 0 Å². The van der Waals surface area contributed by atoms with Crippen LogP contribution in [0.1, 0.15) is 19.8 Å². The third kappa shape index (κ3) is 3.58. The summed E-state index contributed by atoms with van der Waals surface area (Å²) in [6.45, 7) is -0.0472. The van der Waals surface area contributed by atoms with Gasteiger partial charge in [0.05, 0.1) is 19.3 Å². The van der Waals surface area contributed by atoms with Gasteiger partial charge in [0.1, 0.15) is 12.0 Å². The molecule has 1 aliphatic carbocycles. The summed E-state index contributed by atoms with van der Waals surface area (Å²) in [4.78, 5) is 24.0. The van der Waals surface area contributed by atoms with Crippen molar-refractivity contribution < 1.29 is 32.6 Å². The smallest absolute Gasteiger partial charge is 0.406 e. The second-order valence-electron chi connectivity index (χ2n) is 5.71. The largest absolute Gasteiger partial charge is 0.481 e. The van der Waals surface area contributed by atoms with Crippen LogP contribution in [0, 0.1) is 5.41 Å². The van der Waals surface area contributed by atoms with Crippen molar-refractivity contribution in [2.45, 2.75) is 38.0 Å². The minimum atomic E-state index is -4.48. The van der Waals surface area contributed by atoms with Gasteiger partial charge >= 0.3 is 18.2 Å². The van der Waals surface area contributed by atoms with Gasteiger partial charge in [-0.2, -0.15) is 13.2 Å². The molecule has 0 aromatic rings. The highest BCUT2D eigenvalue weighted by molar-refractivity contribution is 5.79. The van der Waals surface area contributed by atoms with Gasteiger partial charge in [-0.05, 0) is 19.8 Å². The lowest BCUT2D eigenvalue weighted by Crippen LogP contribution is -2.55. The maximum absolute atomic E-state index is 12.5. The van der Waals surface area contributed by atoms with Gasteiger partial charge in [-0.3, -0.25) is 4.79 Å². The number of amides is 2. The Bertz CT molecular complexity index is 439. The standard InChI is InChI=1S/C12H17F3N2O4/c1-11(9(18)19)6-21-4-8(11)16-10(20)17(7-2-3-7)5-12(13,14)15/h7-8H,2-6H2,1H3,(H,16,20)(H,18,19). The average molecular weight is 310 g/mol. The summed E-state index contributed by atoms with van der Waals surface area (Å²) >= 11 is 0. The number of rotatable bonds is 4. The number of carbonyl (C=O) groups is 2. The van der Waals surface area contributed by atoms with Crippen LogP contribution in [0.5, 0.6) is 0 Å². The van der Waals surface area contributed by atoms with E-state index in [1.165, 1.54) is 6.92 Å². The first-order valence-corrected chi connectivity index (χ1v) is 6.58. The van der Waals surface area contributed by atoms with Crippen LogP contribution >= 0.6 is 0 Å². The molecule has 21 heavy (non-hydrogen) atoms. The number of ether oxygens (including phenoxy) is 1. The molecule has 120 valence electrons. The highest BCUT2D eigenvalue weighted by Gasteiger charge is 2.49. The molecule has 2 unspecified atom stereocenters. The molecule has 1 saturated carbocycles. The number of nitrogens with zero attached hydrogens (tertiary/aromatic N) is 1. The summed E-state index contributed by atoms with van der Waals surface area (Å²) in [5.74, 6) is -1.15. The molecule has 0 radical (unpaired) electrons. The van der Waals surface area contributed by atoms with E-state index in [2.05, 4.69) is 5.32 Å². The summed E-state index contributed by atoms with van der Waals surface area (Å²) in [6, 6.07) is -2.17. The summed E-state index contributed by atoms with van der Waals surface area (Å²) in [6.07, 6.45) is -3.43. The molecule has 2 aliphatic rings. The van der Waals surface area contributed by atoms with Gasteiger partial charge in [-0.15, -0.1) is 0 Å². The van der Waals surface area contributed by atoms with Crippen LogP contribution in [-0.4, -0.2) is 60.0 Å². The van der Waals surface area contributed by atoms with Crippen molar-refractivity contribution in [2.24, 2.45) is 5.41 Å². The van der Waals surface area contributed by atoms with Crippen molar-refractivity contribution >= 4 is 12.0 Å². The minimum Gasteiger partial charge on any atom is -0.481 e. The van der Waals surface area contributed by atoms with E-state index in [9.17, 15) is 27.9 Å². The van der Waals surface area contributed by atoms with Gasteiger partial charge in [0.15, 0.2) is 0 Å². The maximum atomic E-state index is 12.5. The molecule has 0 aromatic heterocycles. The van der Waals surface area contributed by atoms with Gasteiger partial charge in [0, 0.05) is 6.04 Å². The summed E-state index contributed by atoms with van der Waals surface area (Å²) < 4.78 is 42.6. The number of urea groups is 1. The predicted molar refractivity (Wildman–Crippen MR) is 64.7 cm³/mol. The summed E-state index contributed by atoms with van der Waals surface area (Å²) in [5, 5.41) is 11.6. The summed E-state index contributed by atoms with van der Waals surface area (Å²) in [7, 11) is 0. The van der Waals surface area contributed by atoms with Crippen LogP contribution in [0.2, 0.25) is 0 Å². The highest BCUT2D eigenvalue weighted by atomic mass is 19.4. The lowest BCUT2D eigenvalue weighted by Gasteiger charge is -2.30. The van der Waals surface area contributed by atoms with Crippen molar-refractivity contribution in [3.63, 3.8) is 0 Å². The molecule has 1 aliphatic heterocycles. The maximum Gasteiger partial charge on any atom is 0.406 e. The zero-order valence-electron chi connectivity index (χ0n) is 11.4. The van der Waals surface area contributed by atoms with Gasteiger partial charge in [0.25, 0.3) is 0 Å². The van der Waals surface area contributed by atoms with Crippen LogP contribution in [0.15, 0.2) is 0 Å². The molecule has 0 aromatic carbocycles. The van der Waals surface area contributed by atoms with E-state index in [0.29, 0.717) is 12.8 Å². The normalized spacial score (nSPS) is 29.2. The van der Waals surface area contributed by atoms with Crippen molar-refractivity contribution in [1.82, 2.24) is 10.2 Å². The van der Waals surface area contributed by atoms with Gasteiger partial charge in [0.2, 0.25) is 0 Å². The zero-order valence-corrected chi connectivity index (χ0v) is 11.4. The first-order chi connectivity index (χ1) is 9.63. The van der Waals surface area contributed by atoms with Crippen LogP contribution in [0.25, 0.3) is 0 Å². The second-order valence-corrected chi connectivity index (χ2v) is 5.71. The number of hydrogen-bond acceptors (Lipinski definition) is 3. The van der Waals surface area contributed by atoms with E-state index in [1.807, 2.05) is 0 Å². The molecule has 1 saturated heterocycles. The van der Waals surface area contributed by atoms with E-state index in [0.717, 1.165) is 4.90 Å². The third-order valence-electron chi connectivity index (χ3n) is 3.84. The molecule has 2 rings (SSSR count). The first-order valence-electron chi connectivity index (χ1n) is 6.58. The lowest BCUT2D eigenvalue weighted by molar-refractivity contribution is -0.149. The Kier molecular flexibility index (Phi) is 4.05. The van der Waals surface area contributed by atoms with Gasteiger partial charge < -0.3 is 20.1 Å². The molecule has 9 heteroatoms. The molecule has 0 bridgehead atoms. The molecular formula is C12H17F3N2O4. The Labute approximate surface area is 119 Å². The number of aliphatic carboxylic acids is 1. The van der Waals surface area contributed by atoms with E-state index < -0.39 is 42.2 Å². The Morgan fingerprint density at radius 1 is 1.43 bits per heavy atom. The van der Waals surface area contributed by atoms with Crippen molar-refractivity contribution in [2.75, 3.05) is 19.8 Å². The van der Waals surface area contributed by atoms with Crippen LogP contribution in [0.4, 0.5) is 18.0 Å². The Morgan fingerprint density at radius 2 is 2.05 bits per heavy atom. The number of carboxylic acid groups (broad SMARTS) is 1. The fraction of sp³-hybridized carbons (Fsp3) is 0.833. The third-order valence-corrected chi connectivity index (χ3v) is 3.84. The molecule has 2 N–H and O–H groups in total. The van der Waals surface area contributed by atoms with Crippen molar-refractivity contribution in [3.05, 3.63) is 0 Å². The monoisotopic (exact) mass is 310 g/mol. The van der Waals surface area contributed by atoms with E-state index in [4.69, 9.17) is 4.74 Å². The van der Waals surface area contributed by atoms with Crippen LogP contribution in [0.3, 0.4) is 0 Å². The fourth-order valence-corrected chi connectivity index (χ4v) is 2.26. The number of carbonyl (C=O) groups excluding carboxylic acids is 1. The molecule has 2 amide bonds. The lowest BCUT2D eigenvalue weighted by atomic mass is 9.85. The molecule has 2 fully saturated rings. The first kappa shape index (κ1) is 15.9. The number of hydrogen-bond donors (Lipinski definition) is 2. The number of nitrogens with one attached hydrogen (secondary N) is 1. The number of alkyl halides is 3. The fourth-order valence-electron chi connectivity index (χ4n) is 2.26. The van der Waals surface area contributed by atoms with Gasteiger partial charge in [-0.25, -0.2) is 4.79 Å². The zero-order chi connectivity index (χ0) is 15.8. The van der Waals surface area contributed by atoms with Crippen molar-refractivity contribution in [1.29, 1.82) is 0 Å². The Morgan fingerprint density at radius 3 is 2.52 bits per heavy atom. The van der Waals surface area contributed by atoms with Crippen molar-refractivity contribution in [3.8, 4) is 0 Å². The highest BCUT2D eigenvalue weighted by Crippen LogP contribution is 2.32. The second kappa shape index (κ2) is 5.36. The molecule has 1 heterocycles. The Balaban J connectivity index is 2.03. The molecule has 0 spiro atoms. The van der Waals surface area contributed by atoms with E-state index >= 15 is 0 Å². The minimum absolute atomic E-state index is 0.0287. The molecule has 2 atom stereocenters. The summed E-state index contributed by atoms with van der Waals surface area (Å²) in [5.41, 5.74) is -1.33. The average Bonchev–Trinajstić information content (AvgIpc) is 3.11. The molecular weight excluding hydrogens is 293 g/mol. The van der Waals surface area contributed by atoms with E-state index in [-0.39, 0.29) is 13.2 Å². The quantitative estimate of drug-likeness (QED) is 0.818. The van der Waals surface area contributed by atoms with Crippen LogP contribution < -0.4 is 5.32 Å². The predicted octanol–water partition coefficient (Wildman–Crippen LogP) is 1.21. The molecule has 6 nitrogen and oxygen atoms in total. The topological polar surface area (TPSA) is 78.9 Å². The number of halogens is 3. The van der Waals surface area contributed by atoms with Crippen LogP contribution in [-0.2, 0) is 9.53 Å². The Hall–Kier alpha value is -1.51. The number of carboxylic acids is 1. The van der Waals surface area contributed by atoms with Gasteiger partial charge in [-0.1, -0.05) is 0 Å².